The number of nitrogens with two attached hydrogens (primary N) is 1. The second kappa shape index (κ2) is 6.08. The molecular weight excluding hydrogens is 294 g/mol. The average molecular weight is 313 g/mol. The van der Waals surface area contributed by atoms with E-state index in [1.54, 1.807) is 6.07 Å². The van der Waals surface area contributed by atoms with E-state index in [1.165, 1.54) is 29.6 Å². The highest BCUT2D eigenvalue weighted by Crippen LogP contribution is 2.36. The van der Waals surface area contributed by atoms with Crippen molar-refractivity contribution in [2.75, 3.05) is 13.6 Å². The van der Waals surface area contributed by atoms with Crippen molar-refractivity contribution in [3.8, 4) is 0 Å². The quantitative estimate of drug-likeness (QED) is 0.599. The van der Waals surface area contributed by atoms with E-state index in [1.807, 2.05) is 0 Å². The van der Waals surface area contributed by atoms with E-state index in [2.05, 4.69) is 0 Å². The van der Waals surface area contributed by atoms with Crippen LogP contribution >= 0.6 is 0 Å². The number of likely N-dealkylation sites (N-methyl/N-ethyl adjacent to an activating group) is 1. The van der Waals surface area contributed by atoms with Gasteiger partial charge >= 0.3 is 0 Å². The lowest BCUT2D eigenvalue weighted by atomic mass is 10.2. The average Bonchev–Trinajstić information content (AvgIpc) is 3.24. The summed E-state index contributed by atoms with van der Waals surface area (Å²) in [6.07, 6.45) is 1.96. The number of hydrogen-bond donors (Lipinski definition) is 1. The fourth-order valence-electron chi connectivity index (χ4n) is 2.43. The zero-order valence-electron chi connectivity index (χ0n) is 11.8. The third-order valence-corrected chi connectivity index (χ3v) is 5.66. The standard InChI is InChI=1S/C13H19N3O4S/c1-15(13(8-14)10-6-7-10)21(19,20)9-11-4-2-3-5-12(11)16(17)18/h2-5,10,13H,6-9,14H2,1H3. The fourth-order valence-corrected chi connectivity index (χ4v) is 3.95. The summed E-state index contributed by atoms with van der Waals surface area (Å²) in [4.78, 5) is 10.4. The number of nitro benzene ring substituents is 1. The topological polar surface area (TPSA) is 107 Å². The van der Waals surface area contributed by atoms with E-state index >= 15 is 0 Å². The van der Waals surface area contributed by atoms with Gasteiger partial charge in [-0.1, -0.05) is 18.2 Å². The van der Waals surface area contributed by atoms with Gasteiger partial charge in [0.15, 0.2) is 0 Å². The maximum Gasteiger partial charge on any atom is 0.273 e. The lowest BCUT2D eigenvalue weighted by Crippen LogP contribution is -2.43. The molecule has 1 aliphatic carbocycles. The summed E-state index contributed by atoms with van der Waals surface area (Å²) >= 11 is 0. The Labute approximate surface area is 123 Å². The Morgan fingerprint density at radius 2 is 2.05 bits per heavy atom. The van der Waals surface area contributed by atoms with Crippen molar-refractivity contribution in [2.24, 2.45) is 11.7 Å². The van der Waals surface area contributed by atoms with Crippen molar-refractivity contribution in [3.63, 3.8) is 0 Å². The van der Waals surface area contributed by atoms with Crippen LogP contribution in [0.3, 0.4) is 0 Å². The molecule has 1 saturated carbocycles. The first-order valence-corrected chi connectivity index (χ1v) is 8.36. The van der Waals surface area contributed by atoms with Crippen LogP contribution in [0.5, 0.6) is 0 Å². The highest BCUT2D eigenvalue weighted by molar-refractivity contribution is 7.88. The minimum absolute atomic E-state index is 0.176. The first kappa shape index (κ1) is 15.9. The van der Waals surface area contributed by atoms with Crippen LogP contribution in [0.4, 0.5) is 5.69 Å². The van der Waals surface area contributed by atoms with E-state index in [9.17, 15) is 18.5 Å². The molecule has 0 bridgehead atoms. The number of benzene rings is 1. The summed E-state index contributed by atoms with van der Waals surface area (Å²) in [7, 11) is -2.14. The maximum atomic E-state index is 12.5. The number of sulfonamides is 1. The Hall–Kier alpha value is -1.51. The van der Waals surface area contributed by atoms with E-state index < -0.39 is 14.9 Å². The van der Waals surface area contributed by atoms with E-state index in [0.717, 1.165) is 12.8 Å². The normalized spacial score (nSPS) is 16.9. The zero-order chi connectivity index (χ0) is 15.6. The van der Waals surface area contributed by atoms with Crippen LogP contribution in [-0.4, -0.2) is 37.3 Å². The molecule has 1 unspecified atom stereocenters. The molecule has 2 rings (SSSR count). The fraction of sp³-hybridized carbons (Fsp3) is 0.538. The second-order valence-corrected chi connectivity index (χ2v) is 7.33. The van der Waals surface area contributed by atoms with Crippen LogP contribution in [0.25, 0.3) is 0 Å². The third-order valence-electron chi connectivity index (χ3n) is 3.84. The monoisotopic (exact) mass is 313 g/mol. The van der Waals surface area contributed by atoms with Crippen molar-refractivity contribution < 1.29 is 13.3 Å². The largest absolute Gasteiger partial charge is 0.329 e. The van der Waals surface area contributed by atoms with Crippen LogP contribution in [-0.2, 0) is 15.8 Å². The van der Waals surface area contributed by atoms with E-state index in [0.29, 0.717) is 5.92 Å². The lowest BCUT2D eigenvalue weighted by molar-refractivity contribution is -0.385. The second-order valence-electron chi connectivity index (χ2n) is 5.30. The molecule has 0 saturated heterocycles. The van der Waals surface area contributed by atoms with Crippen molar-refractivity contribution in [1.82, 2.24) is 4.31 Å². The summed E-state index contributed by atoms with van der Waals surface area (Å²) in [5.74, 6) is -0.0790. The van der Waals surface area contributed by atoms with Crippen molar-refractivity contribution in [2.45, 2.75) is 24.6 Å². The molecule has 21 heavy (non-hydrogen) atoms. The highest BCUT2D eigenvalue weighted by atomic mass is 32.2. The Morgan fingerprint density at radius 3 is 2.57 bits per heavy atom. The Kier molecular flexibility index (Phi) is 4.60. The number of nitro groups is 1. The number of hydrogen-bond acceptors (Lipinski definition) is 5. The van der Waals surface area contributed by atoms with E-state index in [4.69, 9.17) is 5.73 Å². The Balaban J connectivity index is 2.23. The van der Waals surface area contributed by atoms with Gasteiger partial charge in [-0.25, -0.2) is 12.7 Å². The van der Waals surface area contributed by atoms with Crippen molar-refractivity contribution in [1.29, 1.82) is 0 Å². The molecule has 1 atom stereocenters. The number of para-hydroxylation sites is 1. The van der Waals surface area contributed by atoms with Gasteiger partial charge in [-0.15, -0.1) is 0 Å². The van der Waals surface area contributed by atoms with Gasteiger partial charge < -0.3 is 5.73 Å². The van der Waals surface area contributed by atoms with Crippen LogP contribution < -0.4 is 5.73 Å². The van der Waals surface area contributed by atoms with Crippen LogP contribution in [0.1, 0.15) is 18.4 Å². The van der Waals surface area contributed by atoms with Gasteiger partial charge in [0.1, 0.15) is 0 Å². The lowest BCUT2D eigenvalue weighted by Gasteiger charge is -2.26. The third kappa shape index (κ3) is 3.58. The molecule has 0 spiro atoms. The Bertz CT molecular complexity index is 628. The molecule has 8 heteroatoms. The summed E-state index contributed by atoms with van der Waals surface area (Å²) in [5, 5.41) is 11.0. The van der Waals surface area contributed by atoms with Crippen LogP contribution in [0.2, 0.25) is 0 Å². The van der Waals surface area contributed by atoms with Crippen molar-refractivity contribution in [3.05, 3.63) is 39.9 Å². The molecule has 116 valence electrons. The molecular formula is C13H19N3O4S. The predicted molar refractivity (Wildman–Crippen MR) is 79.0 cm³/mol. The summed E-state index contributed by atoms with van der Waals surface area (Å²) in [6, 6.07) is 5.67. The first-order valence-electron chi connectivity index (χ1n) is 6.75. The molecule has 1 aromatic carbocycles. The van der Waals surface area contributed by atoms with Gasteiger partial charge in [0.2, 0.25) is 10.0 Å². The summed E-state index contributed by atoms with van der Waals surface area (Å²) in [5.41, 5.74) is 5.69. The van der Waals surface area contributed by atoms with E-state index in [-0.39, 0.29) is 29.6 Å². The maximum absolute atomic E-state index is 12.5. The number of rotatable bonds is 7. The predicted octanol–water partition coefficient (Wildman–Crippen LogP) is 1.09. The molecule has 2 N–H and O–H groups in total. The first-order chi connectivity index (χ1) is 9.86. The SMILES string of the molecule is CN(C(CN)C1CC1)S(=O)(=O)Cc1ccccc1[N+](=O)[O-]. The zero-order valence-corrected chi connectivity index (χ0v) is 12.6. The van der Waals surface area contributed by atoms with Crippen LogP contribution in [0.15, 0.2) is 24.3 Å². The summed E-state index contributed by atoms with van der Waals surface area (Å²) < 4.78 is 26.2. The van der Waals surface area contributed by atoms with Gasteiger partial charge in [-0.05, 0) is 18.8 Å². The number of nitrogens with zero attached hydrogens (tertiary/aromatic N) is 2. The minimum atomic E-state index is -3.64. The van der Waals surface area contributed by atoms with Gasteiger partial charge in [0.25, 0.3) is 5.69 Å². The molecule has 1 aliphatic rings. The highest BCUT2D eigenvalue weighted by Gasteiger charge is 2.38. The van der Waals surface area contributed by atoms with Gasteiger partial charge in [0, 0.05) is 31.3 Å². The van der Waals surface area contributed by atoms with Gasteiger partial charge in [-0.2, -0.15) is 0 Å². The molecule has 1 fully saturated rings. The van der Waals surface area contributed by atoms with Crippen LogP contribution in [0, 0.1) is 16.0 Å². The molecule has 7 nitrogen and oxygen atoms in total. The molecule has 0 amide bonds. The molecule has 0 aromatic heterocycles. The van der Waals surface area contributed by atoms with Gasteiger partial charge in [-0.3, -0.25) is 10.1 Å². The van der Waals surface area contributed by atoms with Crippen molar-refractivity contribution >= 4 is 15.7 Å². The smallest absolute Gasteiger partial charge is 0.273 e. The van der Waals surface area contributed by atoms with Gasteiger partial charge in [0.05, 0.1) is 10.7 Å². The molecule has 1 aromatic rings. The molecule has 0 heterocycles. The molecule has 0 radical (unpaired) electrons. The summed E-state index contributed by atoms with van der Waals surface area (Å²) in [6.45, 7) is 0.261. The molecule has 0 aliphatic heterocycles. The minimum Gasteiger partial charge on any atom is -0.329 e. The Morgan fingerprint density at radius 1 is 1.43 bits per heavy atom.